The molecular formula is C20H27N3O. The summed E-state index contributed by atoms with van der Waals surface area (Å²) in [5.41, 5.74) is 11.5. The van der Waals surface area contributed by atoms with E-state index >= 15 is 0 Å². The Morgan fingerprint density at radius 2 is 1.96 bits per heavy atom. The SMILES string of the molecule is Cc1cccc(C2C3=C(CC(C)(C)CC3=O)NC3NNC(C)C32)c1. The zero-order valence-electron chi connectivity index (χ0n) is 14.9. The van der Waals surface area contributed by atoms with E-state index in [0.29, 0.717) is 24.2 Å². The second-order valence-corrected chi connectivity index (χ2v) is 8.50. The number of aryl methyl sites for hydroxylation is 1. The molecule has 0 amide bonds. The van der Waals surface area contributed by atoms with Crippen molar-refractivity contribution < 1.29 is 4.79 Å². The average molecular weight is 325 g/mol. The van der Waals surface area contributed by atoms with E-state index in [1.165, 1.54) is 11.1 Å². The molecule has 4 nitrogen and oxygen atoms in total. The molecular weight excluding hydrogens is 298 g/mol. The Hall–Kier alpha value is -1.65. The molecule has 128 valence electrons. The third-order valence-electron chi connectivity index (χ3n) is 5.78. The highest BCUT2D eigenvalue weighted by atomic mass is 16.1. The molecule has 1 fully saturated rings. The van der Waals surface area contributed by atoms with Gasteiger partial charge in [0.05, 0.1) is 6.17 Å². The van der Waals surface area contributed by atoms with Crippen molar-refractivity contribution in [3.8, 4) is 0 Å². The van der Waals surface area contributed by atoms with Crippen LogP contribution in [0.3, 0.4) is 0 Å². The lowest BCUT2D eigenvalue weighted by Gasteiger charge is -2.44. The zero-order valence-corrected chi connectivity index (χ0v) is 14.9. The summed E-state index contributed by atoms with van der Waals surface area (Å²) in [7, 11) is 0. The third kappa shape index (κ3) is 2.49. The highest BCUT2D eigenvalue weighted by Gasteiger charge is 2.49. The van der Waals surface area contributed by atoms with Gasteiger partial charge in [-0.25, -0.2) is 5.43 Å². The van der Waals surface area contributed by atoms with E-state index in [0.717, 1.165) is 17.7 Å². The van der Waals surface area contributed by atoms with E-state index in [1.807, 2.05) is 0 Å². The highest BCUT2D eigenvalue weighted by Crippen LogP contribution is 2.48. The van der Waals surface area contributed by atoms with Crippen molar-refractivity contribution in [1.82, 2.24) is 16.2 Å². The molecule has 4 atom stereocenters. The van der Waals surface area contributed by atoms with Crippen molar-refractivity contribution in [3.63, 3.8) is 0 Å². The fourth-order valence-corrected chi connectivity index (χ4v) is 4.77. The van der Waals surface area contributed by atoms with Crippen LogP contribution in [0.25, 0.3) is 0 Å². The molecule has 0 bridgehead atoms. The molecule has 1 aromatic rings. The summed E-state index contributed by atoms with van der Waals surface area (Å²) in [6.45, 7) is 8.70. The highest BCUT2D eigenvalue weighted by molar-refractivity contribution is 5.99. The van der Waals surface area contributed by atoms with Gasteiger partial charge in [0.15, 0.2) is 5.78 Å². The maximum atomic E-state index is 13.1. The number of Topliss-reactive ketones (excluding diaryl/α,β-unsaturated/α-hetero) is 1. The summed E-state index contributed by atoms with van der Waals surface area (Å²) in [6, 6.07) is 8.97. The molecule has 4 heteroatoms. The Morgan fingerprint density at radius 1 is 1.17 bits per heavy atom. The second kappa shape index (κ2) is 5.43. The fourth-order valence-electron chi connectivity index (χ4n) is 4.77. The number of hydrogen-bond acceptors (Lipinski definition) is 4. The summed E-state index contributed by atoms with van der Waals surface area (Å²) >= 11 is 0. The number of ketones is 1. The number of hydrazine groups is 1. The molecule has 1 aromatic carbocycles. The van der Waals surface area contributed by atoms with E-state index < -0.39 is 0 Å². The number of benzene rings is 1. The monoisotopic (exact) mass is 325 g/mol. The van der Waals surface area contributed by atoms with Crippen LogP contribution in [0.5, 0.6) is 0 Å². The van der Waals surface area contributed by atoms with E-state index in [-0.39, 0.29) is 17.5 Å². The summed E-state index contributed by atoms with van der Waals surface area (Å²) in [4.78, 5) is 13.1. The van der Waals surface area contributed by atoms with E-state index in [1.54, 1.807) is 0 Å². The molecule has 0 spiro atoms. The van der Waals surface area contributed by atoms with Gasteiger partial charge >= 0.3 is 0 Å². The number of fused-ring (bicyclic) bond motifs is 1. The van der Waals surface area contributed by atoms with Gasteiger partial charge in [-0.05, 0) is 31.2 Å². The number of nitrogens with one attached hydrogen (secondary N) is 3. The number of rotatable bonds is 1. The van der Waals surface area contributed by atoms with Crippen molar-refractivity contribution >= 4 is 5.78 Å². The number of allylic oxidation sites excluding steroid dienone is 2. The molecule has 2 aliphatic heterocycles. The van der Waals surface area contributed by atoms with Gasteiger partial charge in [0.25, 0.3) is 0 Å². The molecule has 2 heterocycles. The number of hydrogen-bond donors (Lipinski definition) is 3. The largest absolute Gasteiger partial charge is 0.371 e. The van der Waals surface area contributed by atoms with Gasteiger partial charge in [-0.3, -0.25) is 10.2 Å². The van der Waals surface area contributed by atoms with Gasteiger partial charge in [-0.15, -0.1) is 0 Å². The topological polar surface area (TPSA) is 53.2 Å². The Kier molecular flexibility index (Phi) is 3.59. The lowest BCUT2D eigenvalue weighted by Crippen LogP contribution is -2.52. The standard InChI is InChI=1S/C20H27N3O/c1-11-6-5-7-13(8-11)17-16-12(2)22-23-19(16)21-14-9-20(3,4)10-15(24)18(14)17/h5-8,12,16-17,19,21-23H,9-10H2,1-4H3. The van der Waals surface area contributed by atoms with Gasteiger partial charge in [0.2, 0.25) is 0 Å². The van der Waals surface area contributed by atoms with Crippen molar-refractivity contribution in [2.75, 3.05) is 0 Å². The first-order valence-corrected chi connectivity index (χ1v) is 8.96. The van der Waals surface area contributed by atoms with Crippen LogP contribution in [-0.4, -0.2) is 18.0 Å². The van der Waals surface area contributed by atoms with Crippen LogP contribution in [0.2, 0.25) is 0 Å². The number of carbonyl (C=O) groups is 1. The lowest BCUT2D eigenvalue weighted by atomic mass is 9.65. The second-order valence-electron chi connectivity index (χ2n) is 8.50. The molecule has 0 saturated carbocycles. The molecule has 3 aliphatic rings. The Labute approximate surface area is 144 Å². The summed E-state index contributed by atoms with van der Waals surface area (Å²) in [5, 5.41) is 3.63. The van der Waals surface area contributed by atoms with Crippen LogP contribution < -0.4 is 16.2 Å². The first-order valence-electron chi connectivity index (χ1n) is 8.96. The average Bonchev–Trinajstić information content (AvgIpc) is 2.85. The smallest absolute Gasteiger partial charge is 0.161 e. The third-order valence-corrected chi connectivity index (χ3v) is 5.78. The minimum Gasteiger partial charge on any atom is -0.371 e. The number of carbonyl (C=O) groups excluding carboxylic acids is 1. The lowest BCUT2D eigenvalue weighted by molar-refractivity contribution is -0.118. The Balaban J connectivity index is 1.86. The Morgan fingerprint density at radius 3 is 2.71 bits per heavy atom. The van der Waals surface area contributed by atoms with Gasteiger partial charge in [0, 0.05) is 35.6 Å². The van der Waals surface area contributed by atoms with Crippen molar-refractivity contribution in [2.45, 2.75) is 58.7 Å². The predicted molar refractivity (Wildman–Crippen MR) is 95.1 cm³/mol. The predicted octanol–water partition coefficient (Wildman–Crippen LogP) is 2.76. The van der Waals surface area contributed by atoms with Gasteiger partial charge < -0.3 is 5.32 Å². The summed E-state index contributed by atoms with van der Waals surface area (Å²) in [6.07, 6.45) is 1.75. The van der Waals surface area contributed by atoms with Crippen LogP contribution in [0.4, 0.5) is 0 Å². The van der Waals surface area contributed by atoms with Crippen molar-refractivity contribution in [2.24, 2.45) is 11.3 Å². The maximum Gasteiger partial charge on any atom is 0.161 e. The quantitative estimate of drug-likeness (QED) is 0.743. The molecule has 1 aliphatic carbocycles. The molecule has 0 aromatic heterocycles. The van der Waals surface area contributed by atoms with Crippen LogP contribution in [-0.2, 0) is 4.79 Å². The molecule has 3 N–H and O–H groups in total. The molecule has 4 rings (SSSR count). The zero-order chi connectivity index (χ0) is 17.1. The first kappa shape index (κ1) is 15.9. The van der Waals surface area contributed by atoms with E-state index in [9.17, 15) is 4.79 Å². The van der Waals surface area contributed by atoms with Crippen molar-refractivity contribution in [1.29, 1.82) is 0 Å². The van der Waals surface area contributed by atoms with E-state index in [4.69, 9.17) is 0 Å². The fraction of sp³-hybridized carbons (Fsp3) is 0.550. The summed E-state index contributed by atoms with van der Waals surface area (Å²) < 4.78 is 0. The van der Waals surface area contributed by atoms with Crippen molar-refractivity contribution in [3.05, 3.63) is 46.7 Å². The van der Waals surface area contributed by atoms with Crippen LogP contribution in [0.15, 0.2) is 35.5 Å². The molecule has 4 unspecified atom stereocenters. The van der Waals surface area contributed by atoms with E-state index in [2.05, 4.69) is 68.1 Å². The Bertz CT molecular complexity index is 721. The first-order chi connectivity index (χ1) is 11.4. The minimum atomic E-state index is 0.0323. The normalized spacial score (nSPS) is 34.6. The summed E-state index contributed by atoms with van der Waals surface area (Å²) in [5.74, 6) is 0.806. The van der Waals surface area contributed by atoms with Gasteiger partial charge in [-0.1, -0.05) is 43.7 Å². The van der Waals surface area contributed by atoms with Gasteiger partial charge in [-0.2, -0.15) is 0 Å². The molecule has 24 heavy (non-hydrogen) atoms. The van der Waals surface area contributed by atoms with Crippen LogP contribution in [0.1, 0.15) is 50.7 Å². The minimum absolute atomic E-state index is 0.0323. The maximum absolute atomic E-state index is 13.1. The van der Waals surface area contributed by atoms with Crippen LogP contribution in [0, 0.1) is 18.3 Å². The van der Waals surface area contributed by atoms with Crippen LogP contribution >= 0.6 is 0 Å². The molecule has 0 radical (unpaired) electrons. The van der Waals surface area contributed by atoms with Gasteiger partial charge in [0.1, 0.15) is 0 Å². The molecule has 1 saturated heterocycles.